The number of esters is 1. The largest absolute Gasteiger partial charge is 0.466 e. The summed E-state index contributed by atoms with van der Waals surface area (Å²) in [5, 5.41) is 23.1. The number of amides is 1. The van der Waals surface area contributed by atoms with E-state index in [1.165, 1.54) is 212 Å². The normalized spacial score (nSPS) is 12.7. The van der Waals surface area contributed by atoms with Crippen LogP contribution in [0.5, 0.6) is 0 Å². The number of carbonyl (C=O) groups excluding carboxylic acids is 2. The lowest BCUT2D eigenvalue weighted by Gasteiger charge is -2.22. The second-order valence-electron chi connectivity index (χ2n) is 18.2. The highest BCUT2D eigenvalue weighted by Crippen LogP contribution is 2.16. The van der Waals surface area contributed by atoms with Gasteiger partial charge in [-0.05, 0) is 51.4 Å². The Morgan fingerprint density at radius 1 is 0.458 bits per heavy atom. The van der Waals surface area contributed by atoms with Gasteiger partial charge >= 0.3 is 5.97 Å². The highest BCUT2D eigenvalue weighted by Gasteiger charge is 2.20. The highest BCUT2D eigenvalue weighted by molar-refractivity contribution is 5.76. The molecule has 0 aromatic heterocycles. The van der Waals surface area contributed by atoms with Crippen LogP contribution in [-0.4, -0.2) is 47.4 Å². The molecule has 0 radical (unpaired) electrons. The summed E-state index contributed by atoms with van der Waals surface area (Å²) in [7, 11) is 0. The number of ether oxygens (including phenoxy) is 1. The zero-order chi connectivity index (χ0) is 43.0. The summed E-state index contributed by atoms with van der Waals surface area (Å²) in [5.41, 5.74) is 0. The number of aliphatic hydroxyl groups is 2. The van der Waals surface area contributed by atoms with Crippen LogP contribution in [0.2, 0.25) is 0 Å². The first-order chi connectivity index (χ1) is 29.0. The molecule has 0 heterocycles. The Bertz CT molecular complexity index is 878. The number of rotatable bonds is 49. The second-order valence-corrected chi connectivity index (χ2v) is 18.2. The lowest BCUT2D eigenvalue weighted by molar-refractivity contribution is -0.143. The first-order valence-electron chi connectivity index (χ1n) is 26.4. The van der Waals surface area contributed by atoms with Crippen molar-refractivity contribution in [1.82, 2.24) is 5.32 Å². The third kappa shape index (κ3) is 45.9. The fraction of sp³-hybridized carbons (Fsp3) is 0.925. The van der Waals surface area contributed by atoms with Crippen LogP contribution in [0.3, 0.4) is 0 Å². The van der Waals surface area contributed by atoms with Crippen LogP contribution < -0.4 is 5.32 Å². The van der Waals surface area contributed by atoms with Crippen molar-refractivity contribution in [2.24, 2.45) is 0 Å². The highest BCUT2D eigenvalue weighted by atomic mass is 16.5. The molecule has 0 fully saturated rings. The van der Waals surface area contributed by atoms with Crippen molar-refractivity contribution < 1.29 is 24.5 Å². The van der Waals surface area contributed by atoms with E-state index in [-0.39, 0.29) is 18.5 Å². The third-order valence-electron chi connectivity index (χ3n) is 12.3. The van der Waals surface area contributed by atoms with E-state index < -0.39 is 12.1 Å². The molecule has 6 heteroatoms. The molecule has 0 aliphatic rings. The Balaban J connectivity index is 3.39. The summed E-state index contributed by atoms with van der Waals surface area (Å²) in [5.74, 6) is -0.0473. The molecule has 0 saturated heterocycles. The molecular weight excluding hydrogens is 731 g/mol. The maximum atomic E-state index is 12.4. The van der Waals surface area contributed by atoms with Crippen LogP contribution in [0.25, 0.3) is 0 Å². The Morgan fingerprint density at radius 3 is 1.20 bits per heavy atom. The minimum Gasteiger partial charge on any atom is -0.466 e. The van der Waals surface area contributed by atoms with Crippen LogP contribution in [0, 0.1) is 0 Å². The molecule has 3 N–H and O–H groups in total. The molecule has 0 aromatic carbocycles. The maximum absolute atomic E-state index is 12.4. The molecule has 0 aliphatic heterocycles. The summed E-state index contributed by atoms with van der Waals surface area (Å²) in [6, 6.07) is -0.544. The molecule has 2 unspecified atom stereocenters. The Labute approximate surface area is 368 Å². The minimum absolute atomic E-state index is 0.00418. The van der Waals surface area contributed by atoms with Gasteiger partial charge in [-0.15, -0.1) is 0 Å². The lowest BCUT2D eigenvalue weighted by atomic mass is 10.0. The average Bonchev–Trinajstić information content (AvgIpc) is 3.24. The standard InChI is InChI=1S/C53H103NO5/c1-3-5-7-9-11-13-15-16-17-21-24-27-31-35-39-43-47-53(58)59-48-44-40-36-32-28-25-22-19-18-20-23-26-30-34-38-42-46-52(57)54-50(49-55)51(56)45-41-37-33-29-14-12-10-8-6-4-2/h17,21,50-51,55-56H,3-16,18-20,22-49H2,1-2H3,(H,54,57)/b21-17-. The Kier molecular flexibility index (Phi) is 48.1. The smallest absolute Gasteiger partial charge is 0.305 e. The van der Waals surface area contributed by atoms with E-state index in [0.717, 1.165) is 44.9 Å². The molecular formula is C53H103NO5. The van der Waals surface area contributed by atoms with Gasteiger partial charge in [-0.2, -0.15) is 0 Å². The molecule has 350 valence electrons. The van der Waals surface area contributed by atoms with Crippen molar-refractivity contribution in [2.45, 2.75) is 302 Å². The topological polar surface area (TPSA) is 95.9 Å². The molecule has 59 heavy (non-hydrogen) atoms. The molecule has 6 nitrogen and oxygen atoms in total. The second kappa shape index (κ2) is 49.3. The van der Waals surface area contributed by atoms with Gasteiger partial charge in [0.05, 0.1) is 25.4 Å². The van der Waals surface area contributed by atoms with Gasteiger partial charge in [-0.3, -0.25) is 9.59 Å². The van der Waals surface area contributed by atoms with E-state index in [1.54, 1.807) is 0 Å². The minimum atomic E-state index is -0.666. The van der Waals surface area contributed by atoms with E-state index in [1.807, 2.05) is 0 Å². The maximum Gasteiger partial charge on any atom is 0.305 e. The predicted octanol–water partition coefficient (Wildman–Crippen LogP) is 15.7. The van der Waals surface area contributed by atoms with E-state index in [9.17, 15) is 19.8 Å². The molecule has 2 atom stereocenters. The van der Waals surface area contributed by atoms with Crippen molar-refractivity contribution in [2.75, 3.05) is 13.2 Å². The first-order valence-corrected chi connectivity index (χ1v) is 26.4. The van der Waals surface area contributed by atoms with E-state index in [4.69, 9.17) is 4.74 Å². The quantitative estimate of drug-likeness (QED) is 0.0322. The molecule has 0 aliphatic carbocycles. The van der Waals surface area contributed by atoms with Gasteiger partial charge in [0.25, 0.3) is 0 Å². The number of unbranched alkanes of at least 4 members (excludes halogenated alkanes) is 36. The number of hydrogen-bond donors (Lipinski definition) is 3. The summed E-state index contributed by atoms with van der Waals surface area (Å²) in [6.45, 7) is 4.92. The van der Waals surface area contributed by atoms with Crippen LogP contribution >= 0.6 is 0 Å². The number of nitrogens with one attached hydrogen (secondary N) is 1. The van der Waals surface area contributed by atoms with Gasteiger partial charge in [-0.25, -0.2) is 0 Å². The van der Waals surface area contributed by atoms with Crippen molar-refractivity contribution in [3.8, 4) is 0 Å². The molecule has 0 bridgehead atoms. The van der Waals surface area contributed by atoms with Gasteiger partial charge in [-0.1, -0.05) is 238 Å². The fourth-order valence-electron chi connectivity index (χ4n) is 8.22. The number of allylic oxidation sites excluding steroid dienone is 2. The summed E-state index contributed by atoms with van der Waals surface area (Å²) in [6.07, 6.45) is 56.2. The molecule has 0 spiro atoms. The van der Waals surface area contributed by atoms with Crippen molar-refractivity contribution in [1.29, 1.82) is 0 Å². The average molecular weight is 834 g/mol. The van der Waals surface area contributed by atoms with Crippen LogP contribution in [0.4, 0.5) is 0 Å². The SMILES string of the molecule is CCCCCCCCC/C=C\CCCCCCCC(=O)OCCCCCCCCCCCCCCCCCCC(=O)NC(CO)C(O)CCCCCCCCCCCC. The van der Waals surface area contributed by atoms with Crippen LogP contribution in [0.15, 0.2) is 12.2 Å². The van der Waals surface area contributed by atoms with Gasteiger partial charge in [0.15, 0.2) is 0 Å². The van der Waals surface area contributed by atoms with Gasteiger partial charge in [0.2, 0.25) is 5.91 Å². The Hall–Kier alpha value is -1.40. The molecule has 0 saturated carbocycles. The van der Waals surface area contributed by atoms with Crippen LogP contribution in [0.1, 0.15) is 290 Å². The first kappa shape index (κ1) is 57.6. The molecule has 1 amide bonds. The van der Waals surface area contributed by atoms with Gasteiger partial charge < -0.3 is 20.3 Å². The number of aliphatic hydroxyl groups excluding tert-OH is 2. The zero-order valence-electron chi connectivity index (χ0n) is 39.7. The Morgan fingerprint density at radius 2 is 0.797 bits per heavy atom. The van der Waals surface area contributed by atoms with E-state index >= 15 is 0 Å². The van der Waals surface area contributed by atoms with Crippen LogP contribution in [-0.2, 0) is 14.3 Å². The van der Waals surface area contributed by atoms with Crippen molar-refractivity contribution in [3.05, 3.63) is 12.2 Å². The zero-order valence-corrected chi connectivity index (χ0v) is 39.7. The summed E-state index contributed by atoms with van der Waals surface area (Å²) < 4.78 is 5.47. The number of carbonyl (C=O) groups is 2. The van der Waals surface area contributed by atoms with E-state index in [0.29, 0.717) is 25.9 Å². The fourth-order valence-corrected chi connectivity index (χ4v) is 8.22. The number of hydrogen-bond acceptors (Lipinski definition) is 5. The lowest BCUT2D eigenvalue weighted by Crippen LogP contribution is -2.45. The van der Waals surface area contributed by atoms with Crippen molar-refractivity contribution >= 4 is 11.9 Å². The summed E-state index contributed by atoms with van der Waals surface area (Å²) >= 11 is 0. The van der Waals surface area contributed by atoms with E-state index in [2.05, 4.69) is 31.3 Å². The predicted molar refractivity (Wildman–Crippen MR) is 255 cm³/mol. The van der Waals surface area contributed by atoms with Gasteiger partial charge in [0, 0.05) is 12.8 Å². The third-order valence-corrected chi connectivity index (χ3v) is 12.3. The monoisotopic (exact) mass is 834 g/mol. The molecule has 0 aromatic rings. The van der Waals surface area contributed by atoms with Crippen molar-refractivity contribution in [3.63, 3.8) is 0 Å². The van der Waals surface area contributed by atoms with Gasteiger partial charge in [0.1, 0.15) is 0 Å². The molecule has 0 rings (SSSR count). The summed E-state index contributed by atoms with van der Waals surface area (Å²) in [4.78, 5) is 24.4.